The Hall–Kier alpha value is -2.82. The molecular formula is C27H28O4. The molecule has 0 N–H and O–H groups in total. The zero-order valence-corrected chi connectivity index (χ0v) is 19.0. The van der Waals surface area contributed by atoms with Gasteiger partial charge in [0.25, 0.3) is 6.29 Å². The maximum absolute atomic E-state index is 6.70. The van der Waals surface area contributed by atoms with Crippen LogP contribution in [0.5, 0.6) is 17.2 Å². The van der Waals surface area contributed by atoms with Gasteiger partial charge in [-0.1, -0.05) is 36.4 Å². The van der Waals surface area contributed by atoms with E-state index in [1.165, 1.54) is 33.4 Å². The van der Waals surface area contributed by atoms with Gasteiger partial charge in [0.2, 0.25) is 0 Å². The molecule has 0 bridgehead atoms. The van der Waals surface area contributed by atoms with Crippen molar-refractivity contribution in [1.82, 2.24) is 0 Å². The number of benzene rings is 3. The molecule has 0 amide bonds. The second kappa shape index (κ2) is 7.40. The Kier molecular flexibility index (Phi) is 4.80. The molecule has 0 radical (unpaired) electrons. The molecule has 2 aliphatic heterocycles. The standard InChI is InChI=1S/C27H28O4/c1-14-12-15(2)22-24(20-10-8-7-9-11-20)23-19(6)25(28-13-21-30-31-21)17(4)18(5)27(23)29-26(22)16(14)3/h7-12,21,24H,13H2,1-6H3. The molecule has 0 aliphatic carbocycles. The van der Waals surface area contributed by atoms with Crippen LogP contribution in [0.25, 0.3) is 0 Å². The lowest BCUT2D eigenvalue weighted by Crippen LogP contribution is -2.18. The predicted molar refractivity (Wildman–Crippen MR) is 120 cm³/mol. The highest BCUT2D eigenvalue weighted by atomic mass is 17.4. The maximum Gasteiger partial charge on any atom is 0.258 e. The van der Waals surface area contributed by atoms with Crippen molar-refractivity contribution in [3.05, 3.63) is 86.5 Å². The summed E-state index contributed by atoms with van der Waals surface area (Å²) in [4.78, 5) is 9.76. The summed E-state index contributed by atoms with van der Waals surface area (Å²) in [5.41, 5.74) is 10.7. The van der Waals surface area contributed by atoms with Gasteiger partial charge in [0.05, 0.1) is 0 Å². The first-order valence-electron chi connectivity index (χ1n) is 10.8. The van der Waals surface area contributed by atoms with Gasteiger partial charge in [-0.05, 0) is 80.5 Å². The lowest BCUT2D eigenvalue weighted by atomic mass is 9.76. The Balaban J connectivity index is 1.79. The van der Waals surface area contributed by atoms with Crippen molar-refractivity contribution in [3.63, 3.8) is 0 Å². The Morgan fingerprint density at radius 2 is 1.42 bits per heavy atom. The monoisotopic (exact) mass is 416 g/mol. The molecule has 160 valence electrons. The van der Waals surface area contributed by atoms with Crippen molar-refractivity contribution in [2.75, 3.05) is 6.61 Å². The molecule has 0 saturated carbocycles. The third-order valence-corrected chi connectivity index (χ3v) is 6.78. The Bertz CT molecular complexity index is 1180. The third kappa shape index (κ3) is 3.22. The van der Waals surface area contributed by atoms with Crippen molar-refractivity contribution >= 4 is 0 Å². The van der Waals surface area contributed by atoms with Crippen molar-refractivity contribution < 1.29 is 19.2 Å². The van der Waals surface area contributed by atoms with Crippen LogP contribution in [0.15, 0.2) is 36.4 Å². The number of fused-ring (bicyclic) bond motifs is 2. The SMILES string of the molecule is Cc1cc(C)c2c(c1C)Oc1c(C)c(C)c(OCC3OO3)c(C)c1C2c1ccccc1. The summed E-state index contributed by atoms with van der Waals surface area (Å²) in [6.07, 6.45) is -0.273. The van der Waals surface area contributed by atoms with E-state index in [4.69, 9.17) is 19.2 Å². The summed E-state index contributed by atoms with van der Waals surface area (Å²) in [6.45, 7) is 13.2. The summed E-state index contributed by atoms with van der Waals surface area (Å²) >= 11 is 0. The second-order valence-corrected chi connectivity index (χ2v) is 8.70. The molecule has 2 aliphatic rings. The van der Waals surface area contributed by atoms with E-state index in [1.54, 1.807) is 0 Å². The lowest BCUT2D eigenvalue weighted by molar-refractivity contribution is 0.0850. The molecule has 1 unspecified atom stereocenters. The van der Waals surface area contributed by atoms with Gasteiger partial charge in [0, 0.05) is 17.0 Å². The van der Waals surface area contributed by atoms with E-state index in [0.717, 1.165) is 33.9 Å². The van der Waals surface area contributed by atoms with E-state index in [0.29, 0.717) is 6.61 Å². The molecule has 4 heteroatoms. The minimum atomic E-state index is -0.273. The van der Waals surface area contributed by atoms with Gasteiger partial charge in [-0.2, -0.15) is 9.78 Å². The average Bonchev–Trinajstić information content (AvgIpc) is 3.59. The molecule has 1 fully saturated rings. The van der Waals surface area contributed by atoms with Gasteiger partial charge in [-0.25, -0.2) is 0 Å². The Labute approximate surface area is 183 Å². The van der Waals surface area contributed by atoms with Crippen LogP contribution < -0.4 is 9.47 Å². The number of aryl methyl sites for hydroxylation is 2. The molecule has 4 nitrogen and oxygen atoms in total. The van der Waals surface area contributed by atoms with Gasteiger partial charge in [-0.15, -0.1) is 0 Å². The minimum absolute atomic E-state index is 0.0781. The van der Waals surface area contributed by atoms with Crippen molar-refractivity contribution in [3.8, 4) is 17.2 Å². The first-order valence-corrected chi connectivity index (χ1v) is 10.8. The van der Waals surface area contributed by atoms with Crippen LogP contribution in [0.3, 0.4) is 0 Å². The molecule has 3 aromatic rings. The van der Waals surface area contributed by atoms with Gasteiger partial charge >= 0.3 is 0 Å². The van der Waals surface area contributed by atoms with Crippen LogP contribution in [0.4, 0.5) is 0 Å². The van der Waals surface area contributed by atoms with Crippen molar-refractivity contribution in [1.29, 1.82) is 0 Å². The average molecular weight is 417 g/mol. The highest BCUT2D eigenvalue weighted by Crippen LogP contribution is 2.54. The molecule has 3 aromatic carbocycles. The second-order valence-electron chi connectivity index (χ2n) is 8.70. The summed E-state index contributed by atoms with van der Waals surface area (Å²) in [7, 11) is 0. The number of hydrogen-bond acceptors (Lipinski definition) is 4. The molecule has 1 saturated heterocycles. The highest BCUT2D eigenvalue weighted by molar-refractivity contribution is 5.70. The fourth-order valence-electron chi connectivity index (χ4n) is 4.84. The van der Waals surface area contributed by atoms with Crippen LogP contribution in [-0.4, -0.2) is 12.9 Å². The van der Waals surface area contributed by atoms with E-state index in [2.05, 4.69) is 77.9 Å². The maximum atomic E-state index is 6.70. The van der Waals surface area contributed by atoms with E-state index in [9.17, 15) is 0 Å². The van der Waals surface area contributed by atoms with Crippen LogP contribution >= 0.6 is 0 Å². The van der Waals surface area contributed by atoms with E-state index >= 15 is 0 Å². The van der Waals surface area contributed by atoms with Crippen molar-refractivity contribution in [2.24, 2.45) is 0 Å². The van der Waals surface area contributed by atoms with Crippen LogP contribution in [0.2, 0.25) is 0 Å². The molecule has 0 aromatic heterocycles. The minimum Gasteiger partial charge on any atom is -0.487 e. The predicted octanol–water partition coefficient (Wildman–Crippen LogP) is 6.49. The fraction of sp³-hybridized carbons (Fsp3) is 0.333. The summed E-state index contributed by atoms with van der Waals surface area (Å²) in [5, 5.41) is 0. The molecule has 2 heterocycles. The topological polar surface area (TPSA) is 43.5 Å². The van der Waals surface area contributed by atoms with Gasteiger partial charge < -0.3 is 9.47 Å². The molecular weight excluding hydrogens is 388 g/mol. The van der Waals surface area contributed by atoms with Crippen LogP contribution in [0, 0.1) is 41.5 Å². The van der Waals surface area contributed by atoms with E-state index in [1.807, 2.05) is 0 Å². The lowest BCUT2D eigenvalue weighted by Gasteiger charge is -2.35. The van der Waals surface area contributed by atoms with Crippen LogP contribution in [0.1, 0.15) is 56.0 Å². The number of ether oxygens (including phenoxy) is 2. The van der Waals surface area contributed by atoms with Gasteiger partial charge in [-0.3, -0.25) is 0 Å². The number of hydrogen-bond donors (Lipinski definition) is 0. The zero-order valence-electron chi connectivity index (χ0n) is 19.0. The molecule has 0 spiro atoms. The highest BCUT2D eigenvalue weighted by Gasteiger charge is 2.36. The van der Waals surface area contributed by atoms with Gasteiger partial charge in [0.15, 0.2) is 0 Å². The summed E-state index contributed by atoms with van der Waals surface area (Å²) in [5.74, 6) is 2.92. The fourth-order valence-corrected chi connectivity index (χ4v) is 4.84. The first-order chi connectivity index (χ1) is 14.9. The molecule has 5 rings (SSSR count). The van der Waals surface area contributed by atoms with E-state index < -0.39 is 0 Å². The van der Waals surface area contributed by atoms with Gasteiger partial charge in [0.1, 0.15) is 23.9 Å². The smallest absolute Gasteiger partial charge is 0.258 e. The Morgan fingerprint density at radius 3 is 2.10 bits per heavy atom. The first kappa shape index (κ1) is 20.1. The quantitative estimate of drug-likeness (QED) is 0.282. The van der Waals surface area contributed by atoms with Crippen LogP contribution in [-0.2, 0) is 9.78 Å². The largest absolute Gasteiger partial charge is 0.487 e. The third-order valence-electron chi connectivity index (χ3n) is 6.78. The Morgan fingerprint density at radius 1 is 0.742 bits per heavy atom. The molecule has 31 heavy (non-hydrogen) atoms. The van der Waals surface area contributed by atoms with E-state index in [-0.39, 0.29) is 12.2 Å². The van der Waals surface area contributed by atoms with Crippen molar-refractivity contribution in [2.45, 2.75) is 53.8 Å². The molecule has 1 atom stereocenters. The summed E-state index contributed by atoms with van der Waals surface area (Å²) < 4.78 is 12.9. The zero-order chi connectivity index (χ0) is 21.9. The normalized spacial score (nSPS) is 17.0. The summed E-state index contributed by atoms with van der Waals surface area (Å²) in [6, 6.07) is 13.0. The number of rotatable bonds is 4.